The third-order valence-electron chi connectivity index (χ3n) is 3.20. The summed E-state index contributed by atoms with van der Waals surface area (Å²) in [7, 11) is 3.64. The molecule has 0 atom stereocenters. The van der Waals surface area contributed by atoms with Gasteiger partial charge in [0.25, 0.3) is 0 Å². The van der Waals surface area contributed by atoms with E-state index in [-0.39, 0.29) is 0 Å². The first kappa shape index (κ1) is 15.3. The Hall–Kier alpha value is -2.14. The second-order valence-electron chi connectivity index (χ2n) is 4.90. The van der Waals surface area contributed by atoms with E-state index in [1.54, 1.807) is 7.11 Å². The summed E-state index contributed by atoms with van der Waals surface area (Å²) in [5, 5.41) is 0. The third kappa shape index (κ3) is 3.70. The molecule has 0 aliphatic carbocycles. The summed E-state index contributed by atoms with van der Waals surface area (Å²) in [6.07, 6.45) is 0. The maximum absolute atomic E-state index is 5.79. The average molecular weight is 301 g/mol. The molecule has 0 aliphatic heterocycles. The normalized spacial score (nSPS) is 10.2. The van der Waals surface area contributed by atoms with Crippen molar-refractivity contribution in [1.82, 2.24) is 4.98 Å². The van der Waals surface area contributed by atoms with E-state index in [2.05, 4.69) is 11.1 Å². The Labute approximate surface area is 130 Å². The summed E-state index contributed by atoms with van der Waals surface area (Å²) >= 11 is 5.11. The number of nitrogens with zero attached hydrogens (tertiary/aromatic N) is 2. The molecule has 2 N–H and O–H groups in total. The first-order valence-electron chi connectivity index (χ1n) is 6.63. The molecule has 0 fully saturated rings. The quantitative estimate of drug-likeness (QED) is 0.861. The van der Waals surface area contributed by atoms with Crippen LogP contribution in [-0.2, 0) is 6.54 Å². The fraction of sp³-hybridized carbons (Fsp3) is 0.250. The fourth-order valence-electron chi connectivity index (χ4n) is 2.15. The maximum atomic E-state index is 5.79. The Balaban J connectivity index is 2.29. The summed E-state index contributed by atoms with van der Waals surface area (Å²) < 4.78 is 5.25. The number of benzene rings is 1. The molecule has 0 unspecified atom stereocenters. The smallest absolute Gasteiger partial charge is 0.139 e. The van der Waals surface area contributed by atoms with Crippen molar-refractivity contribution in [3.05, 3.63) is 53.2 Å². The molecule has 0 bridgehead atoms. The summed E-state index contributed by atoms with van der Waals surface area (Å²) in [5.41, 5.74) is 8.65. The van der Waals surface area contributed by atoms with Gasteiger partial charge in [-0.05, 0) is 36.8 Å². The molecular weight excluding hydrogens is 282 g/mol. The van der Waals surface area contributed by atoms with Crippen molar-refractivity contribution in [2.75, 3.05) is 19.1 Å². The van der Waals surface area contributed by atoms with E-state index >= 15 is 0 Å². The van der Waals surface area contributed by atoms with Crippen LogP contribution in [0.25, 0.3) is 0 Å². The minimum Gasteiger partial charge on any atom is -0.497 e. The van der Waals surface area contributed by atoms with Gasteiger partial charge in [0.05, 0.1) is 12.7 Å². The van der Waals surface area contributed by atoms with Crippen LogP contribution in [-0.4, -0.2) is 24.1 Å². The standard InChI is InChI=1S/C16H19N3OS/c1-11-7-8-14(15(17)21)16(18-11)19(2)10-12-5-4-6-13(9-12)20-3/h4-9H,10H2,1-3H3,(H2,17,21). The third-order valence-corrected chi connectivity index (χ3v) is 3.42. The van der Waals surface area contributed by atoms with Gasteiger partial charge in [0, 0.05) is 19.3 Å². The van der Waals surface area contributed by atoms with E-state index in [0.717, 1.165) is 28.4 Å². The maximum Gasteiger partial charge on any atom is 0.139 e. The van der Waals surface area contributed by atoms with Crippen molar-refractivity contribution in [1.29, 1.82) is 0 Å². The Morgan fingerprint density at radius 3 is 2.76 bits per heavy atom. The molecular formula is C16H19N3OS. The number of anilines is 1. The van der Waals surface area contributed by atoms with E-state index < -0.39 is 0 Å². The largest absolute Gasteiger partial charge is 0.497 e. The first-order chi connectivity index (χ1) is 10.0. The van der Waals surface area contributed by atoms with Gasteiger partial charge in [-0.25, -0.2) is 4.98 Å². The zero-order valence-electron chi connectivity index (χ0n) is 12.5. The highest BCUT2D eigenvalue weighted by molar-refractivity contribution is 7.80. The van der Waals surface area contributed by atoms with E-state index in [0.29, 0.717) is 11.5 Å². The van der Waals surface area contributed by atoms with Gasteiger partial charge in [0.15, 0.2) is 0 Å². The van der Waals surface area contributed by atoms with E-state index in [1.807, 2.05) is 49.2 Å². The highest BCUT2D eigenvalue weighted by Gasteiger charge is 2.12. The summed E-state index contributed by atoms with van der Waals surface area (Å²) in [6, 6.07) is 11.8. The lowest BCUT2D eigenvalue weighted by atomic mass is 10.1. The van der Waals surface area contributed by atoms with Crippen LogP contribution >= 0.6 is 12.2 Å². The average Bonchev–Trinajstić information content (AvgIpc) is 2.47. The van der Waals surface area contributed by atoms with E-state index in [1.165, 1.54) is 0 Å². The molecule has 1 heterocycles. The predicted molar refractivity (Wildman–Crippen MR) is 90.0 cm³/mol. The number of methoxy groups -OCH3 is 1. The molecule has 0 saturated carbocycles. The van der Waals surface area contributed by atoms with Crippen molar-refractivity contribution in [2.24, 2.45) is 5.73 Å². The van der Waals surface area contributed by atoms with Crippen LogP contribution < -0.4 is 15.4 Å². The van der Waals surface area contributed by atoms with Gasteiger partial charge in [-0.1, -0.05) is 24.4 Å². The van der Waals surface area contributed by atoms with Gasteiger partial charge in [0.1, 0.15) is 16.6 Å². The van der Waals surface area contributed by atoms with Crippen LogP contribution in [0.4, 0.5) is 5.82 Å². The number of rotatable bonds is 5. The monoisotopic (exact) mass is 301 g/mol. The van der Waals surface area contributed by atoms with Crippen LogP contribution in [0.3, 0.4) is 0 Å². The Morgan fingerprint density at radius 1 is 1.33 bits per heavy atom. The molecule has 1 aromatic carbocycles. The zero-order valence-corrected chi connectivity index (χ0v) is 13.3. The molecule has 0 saturated heterocycles. The number of hydrogen-bond donors (Lipinski definition) is 1. The van der Waals surface area contributed by atoms with Crippen molar-refractivity contribution in [2.45, 2.75) is 13.5 Å². The Bertz CT molecular complexity index is 658. The molecule has 5 heteroatoms. The minimum atomic E-state index is 0.356. The lowest BCUT2D eigenvalue weighted by Crippen LogP contribution is -2.23. The molecule has 2 rings (SSSR count). The second-order valence-corrected chi connectivity index (χ2v) is 5.34. The van der Waals surface area contributed by atoms with E-state index in [9.17, 15) is 0 Å². The highest BCUT2D eigenvalue weighted by Crippen LogP contribution is 2.21. The van der Waals surface area contributed by atoms with Gasteiger partial charge in [-0.3, -0.25) is 0 Å². The molecule has 0 radical (unpaired) electrons. The van der Waals surface area contributed by atoms with Gasteiger partial charge in [0.2, 0.25) is 0 Å². The number of ether oxygens (including phenoxy) is 1. The number of thiocarbonyl (C=S) groups is 1. The van der Waals surface area contributed by atoms with Crippen LogP contribution in [0.15, 0.2) is 36.4 Å². The molecule has 110 valence electrons. The van der Waals surface area contributed by atoms with Crippen molar-refractivity contribution >= 4 is 23.0 Å². The molecule has 21 heavy (non-hydrogen) atoms. The van der Waals surface area contributed by atoms with Gasteiger partial charge in [-0.15, -0.1) is 0 Å². The number of nitrogens with two attached hydrogens (primary N) is 1. The van der Waals surface area contributed by atoms with Crippen LogP contribution in [0.1, 0.15) is 16.8 Å². The van der Waals surface area contributed by atoms with Gasteiger partial charge >= 0.3 is 0 Å². The molecule has 0 spiro atoms. The van der Waals surface area contributed by atoms with Crippen LogP contribution in [0.2, 0.25) is 0 Å². The molecule has 0 amide bonds. The Morgan fingerprint density at radius 2 is 2.10 bits per heavy atom. The van der Waals surface area contributed by atoms with Crippen molar-refractivity contribution < 1.29 is 4.74 Å². The minimum absolute atomic E-state index is 0.356. The van der Waals surface area contributed by atoms with Crippen molar-refractivity contribution in [3.63, 3.8) is 0 Å². The number of aromatic nitrogens is 1. The highest BCUT2D eigenvalue weighted by atomic mass is 32.1. The molecule has 1 aromatic heterocycles. The molecule has 2 aromatic rings. The van der Waals surface area contributed by atoms with Crippen LogP contribution in [0, 0.1) is 6.92 Å². The SMILES string of the molecule is COc1cccc(CN(C)c2nc(C)ccc2C(N)=S)c1. The second kappa shape index (κ2) is 6.54. The lowest BCUT2D eigenvalue weighted by Gasteiger charge is -2.21. The number of aryl methyl sites for hydroxylation is 1. The Kier molecular flexibility index (Phi) is 4.75. The predicted octanol–water partition coefficient (Wildman–Crippen LogP) is 2.67. The lowest BCUT2D eigenvalue weighted by molar-refractivity contribution is 0.414. The zero-order chi connectivity index (χ0) is 15.4. The van der Waals surface area contributed by atoms with Gasteiger partial charge in [-0.2, -0.15) is 0 Å². The first-order valence-corrected chi connectivity index (χ1v) is 7.03. The topological polar surface area (TPSA) is 51.4 Å². The van der Waals surface area contributed by atoms with Gasteiger partial charge < -0.3 is 15.4 Å². The number of hydrogen-bond acceptors (Lipinski definition) is 4. The van der Waals surface area contributed by atoms with Crippen molar-refractivity contribution in [3.8, 4) is 5.75 Å². The van der Waals surface area contributed by atoms with Crippen LogP contribution in [0.5, 0.6) is 5.75 Å². The summed E-state index contributed by atoms with van der Waals surface area (Å²) in [6.45, 7) is 2.65. The molecule has 0 aliphatic rings. The molecule has 4 nitrogen and oxygen atoms in total. The fourth-order valence-corrected chi connectivity index (χ4v) is 2.31. The summed E-state index contributed by atoms with van der Waals surface area (Å²) in [4.78, 5) is 6.95. The van der Waals surface area contributed by atoms with E-state index in [4.69, 9.17) is 22.7 Å². The number of pyridine rings is 1. The summed E-state index contributed by atoms with van der Waals surface area (Å²) in [5.74, 6) is 1.64.